The lowest BCUT2D eigenvalue weighted by Gasteiger charge is -2.07. The molecule has 0 aliphatic heterocycles. The van der Waals surface area contributed by atoms with Gasteiger partial charge in [-0.15, -0.1) is 0 Å². The molecule has 106 valence electrons. The maximum Gasteiger partial charge on any atom is 0.336 e. The topological polar surface area (TPSA) is 107 Å². The first-order valence-electron chi connectivity index (χ1n) is 5.50. The van der Waals surface area contributed by atoms with Crippen LogP contribution in [0.15, 0.2) is 27.6 Å². The fourth-order valence-electron chi connectivity index (χ4n) is 1.37. The van der Waals surface area contributed by atoms with E-state index < -0.39 is 22.7 Å². The highest BCUT2D eigenvalue weighted by molar-refractivity contribution is 9.10. The van der Waals surface area contributed by atoms with Gasteiger partial charge in [0.05, 0.1) is 33.7 Å². The Morgan fingerprint density at radius 2 is 2.15 bits per heavy atom. The first-order chi connectivity index (χ1) is 9.45. The van der Waals surface area contributed by atoms with Gasteiger partial charge in [-0.2, -0.15) is 5.26 Å². The Hall–Kier alpha value is -1.72. The van der Waals surface area contributed by atoms with Gasteiger partial charge >= 0.3 is 5.97 Å². The van der Waals surface area contributed by atoms with Crippen LogP contribution in [0.2, 0.25) is 0 Å². The van der Waals surface area contributed by atoms with Gasteiger partial charge in [0.25, 0.3) is 0 Å². The van der Waals surface area contributed by atoms with Gasteiger partial charge in [-0.1, -0.05) is 15.9 Å². The van der Waals surface area contributed by atoms with E-state index in [0.717, 1.165) is 0 Å². The molecule has 0 aliphatic rings. The third-order valence-corrected chi connectivity index (χ3v) is 4.09. The zero-order valence-corrected chi connectivity index (χ0v) is 12.7. The van der Waals surface area contributed by atoms with Crippen molar-refractivity contribution in [1.82, 2.24) is 5.32 Å². The normalized spacial score (nSPS) is 11.4. The summed E-state index contributed by atoms with van der Waals surface area (Å²) in [7, 11) is -1.77. The number of carbonyl (C=O) groups is 2. The molecule has 2 N–H and O–H groups in total. The summed E-state index contributed by atoms with van der Waals surface area (Å²) in [6, 6.07) is 6.14. The Bertz CT molecular complexity index is 598. The zero-order valence-electron chi connectivity index (χ0n) is 10.3. The number of carboxylic acid groups (broad SMARTS) is 1. The molecule has 0 radical (unpaired) electrons. The van der Waals surface area contributed by atoms with Crippen molar-refractivity contribution in [2.45, 2.75) is 11.3 Å². The van der Waals surface area contributed by atoms with Crippen molar-refractivity contribution in [3.63, 3.8) is 0 Å². The van der Waals surface area contributed by atoms with Crippen molar-refractivity contribution in [1.29, 1.82) is 5.26 Å². The van der Waals surface area contributed by atoms with Crippen LogP contribution >= 0.6 is 15.9 Å². The first kappa shape index (κ1) is 16.3. The van der Waals surface area contributed by atoms with Gasteiger partial charge < -0.3 is 10.4 Å². The van der Waals surface area contributed by atoms with Gasteiger partial charge in [-0.3, -0.25) is 9.00 Å². The molecular formula is C12H11BrN2O4S. The average molecular weight is 359 g/mol. The third-order valence-electron chi connectivity index (χ3n) is 2.24. The number of nitriles is 1. The lowest BCUT2D eigenvalue weighted by atomic mass is 10.2. The molecule has 8 heteroatoms. The maximum atomic E-state index is 12.1. The quantitative estimate of drug-likeness (QED) is 0.744. The smallest absolute Gasteiger partial charge is 0.336 e. The minimum Gasteiger partial charge on any atom is -0.478 e. The number of hydrogen-bond donors (Lipinski definition) is 2. The molecule has 1 amide bonds. The number of nitrogens with one attached hydrogen (secondary N) is 1. The van der Waals surface area contributed by atoms with Gasteiger partial charge in [-0.05, 0) is 18.2 Å². The SMILES string of the molecule is N#CCCNC(=O)CS(=O)c1cc(Br)ccc1C(=O)O. The average Bonchev–Trinajstić information content (AvgIpc) is 2.38. The van der Waals surface area contributed by atoms with Crippen molar-refractivity contribution in [2.24, 2.45) is 0 Å². The van der Waals surface area contributed by atoms with E-state index in [2.05, 4.69) is 21.2 Å². The Morgan fingerprint density at radius 3 is 2.75 bits per heavy atom. The molecule has 1 atom stereocenters. The molecule has 0 saturated heterocycles. The number of rotatable bonds is 6. The number of aromatic carboxylic acids is 1. The van der Waals surface area contributed by atoms with Crippen LogP contribution in [0.4, 0.5) is 0 Å². The van der Waals surface area contributed by atoms with Crippen LogP contribution in [0.25, 0.3) is 0 Å². The summed E-state index contributed by atoms with van der Waals surface area (Å²) in [6.45, 7) is 0.177. The molecule has 1 rings (SSSR count). The number of carbonyl (C=O) groups excluding carboxylic acids is 1. The fourth-order valence-corrected chi connectivity index (χ4v) is 3.03. The Morgan fingerprint density at radius 1 is 1.45 bits per heavy atom. The summed E-state index contributed by atoms with van der Waals surface area (Å²) >= 11 is 3.17. The molecule has 0 aliphatic carbocycles. The predicted octanol–water partition coefficient (Wildman–Crippen LogP) is 1.28. The van der Waals surface area contributed by atoms with Crippen molar-refractivity contribution < 1.29 is 18.9 Å². The fraction of sp³-hybridized carbons (Fsp3) is 0.250. The maximum absolute atomic E-state index is 12.1. The van der Waals surface area contributed by atoms with Crippen LogP contribution in [0, 0.1) is 11.3 Å². The molecule has 0 spiro atoms. The number of carboxylic acids is 1. The largest absolute Gasteiger partial charge is 0.478 e. The van der Waals surface area contributed by atoms with E-state index in [4.69, 9.17) is 10.4 Å². The summed E-state index contributed by atoms with van der Waals surface area (Å²) in [6.07, 6.45) is 0.162. The highest BCUT2D eigenvalue weighted by atomic mass is 79.9. The molecule has 0 bridgehead atoms. The van der Waals surface area contributed by atoms with Gasteiger partial charge in [0, 0.05) is 11.0 Å². The number of amides is 1. The van der Waals surface area contributed by atoms with Crippen molar-refractivity contribution in [3.8, 4) is 6.07 Å². The van der Waals surface area contributed by atoms with Crippen LogP contribution in [0.3, 0.4) is 0 Å². The minimum atomic E-state index is -1.77. The summed E-state index contributed by atoms with van der Waals surface area (Å²) in [5.74, 6) is -2.04. The lowest BCUT2D eigenvalue weighted by molar-refractivity contribution is -0.118. The van der Waals surface area contributed by atoms with Gasteiger partial charge in [0.2, 0.25) is 5.91 Å². The first-order valence-corrected chi connectivity index (χ1v) is 7.61. The van der Waals surface area contributed by atoms with E-state index in [1.165, 1.54) is 18.2 Å². The van der Waals surface area contributed by atoms with E-state index in [9.17, 15) is 13.8 Å². The summed E-state index contributed by atoms with van der Waals surface area (Å²) in [5.41, 5.74) is -0.101. The van der Waals surface area contributed by atoms with Crippen molar-refractivity contribution >= 4 is 38.6 Å². The van der Waals surface area contributed by atoms with Gasteiger partial charge in [0.1, 0.15) is 5.75 Å². The molecule has 0 heterocycles. The van der Waals surface area contributed by atoms with E-state index in [-0.39, 0.29) is 29.2 Å². The number of halogens is 1. The standard InChI is InChI=1S/C12H11BrN2O4S/c13-8-2-3-9(12(17)18)10(6-8)20(19)7-11(16)15-5-1-4-14/h2-3,6H,1,5,7H2,(H,15,16)(H,17,18). The second-order valence-electron chi connectivity index (χ2n) is 3.69. The Balaban J connectivity index is 2.82. The third kappa shape index (κ3) is 4.75. The van der Waals surface area contributed by atoms with E-state index in [1.54, 1.807) is 0 Å². The number of hydrogen-bond acceptors (Lipinski definition) is 4. The van der Waals surface area contributed by atoms with Crippen LogP contribution in [-0.2, 0) is 15.6 Å². The number of benzene rings is 1. The van der Waals surface area contributed by atoms with E-state index in [0.29, 0.717) is 4.47 Å². The molecule has 0 aromatic heterocycles. The second-order valence-corrected chi connectivity index (χ2v) is 6.03. The summed E-state index contributed by atoms with van der Waals surface area (Å²) in [4.78, 5) is 22.6. The van der Waals surface area contributed by atoms with E-state index in [1.807, 2.05) is 6.07 Å². The molecule has 6 nitrogen and oxygen atoms in total. The highest BCUT2D eigenvalue weighted by Crippen LogP contribution is 2.20. The lowest BCUT2D eigenvalue weighted by Crippen LogP contribution is -2.29. The molecule has 0 fully saturated rings. The van der Waals surface area contributed by atoms with Gasteiger partial charge in [-0.25, -0.2) is 4.79 Å². The molecule has 1 aromatic carbocycles. The van der Waals surface area contributed by atoms with Crippen LogP contribution in [0.5, 0.6) is 0 Å². The van der Waals surface area contributed by atoms with E-state index >= 15 is 0 Å². The highest BCUT2D eigenvalue weighted by Gasteiger charge is 2.18. The van der Waals surface area contributed by atoms with Gasteiger partial charge in [0.15, 0.2) is 0 Å². The molecule has 0 saturated carbocycles. The number of nitrogens with zero attached hydrogens (tertiary/aromatic N) is 1. The summed E-state index contributed by atoms with van der Waals surface area (Å²) in [5, 5.41) is 19.8. The second kappa shape index (κ2) is 7.77. The predicted molar refractivity (Wildman–Crippen MR) is 75.6 cm³/mol. The van der Waals surface area contributed by atoms with Crippen LogP contribution < -0.4 is 5.32 Å². The monoisotopic (exact) mass is 358 g/mol. The zero-order chi connectivity index (χ0) is 15.1. The van der Waals surface area contributed by atoms with Crippen LogP contribution in [-0.4, -0.2) is 33.5 Å². The van der Waals surface area contributed by atoms with Crippen molar-refractivity contribution in [3.05, 3.63) is 28.2 Å². The van der Waals surface area contributed by atoms with Crippen molar-refractivity contribution in [2.75, 3.05) is 12.3 Å². The van der Waals surface area contributed by atoms with Crippen LogP contribution in [0.1, 0.15) is 16.8 Å². The molecule has 1 aromatic rings. The molecule has 1 unspecified atom stereocenters. The molecular weight excluding hydrogens is 348 g/mol. The minimum absolute atomic E-state index is 0.0855. The Kier molecular flexibility index (Phi) is 6.35. The molecule has 20 heavy (non-hydrogen) atoms. The summed E-state index contributed by atoms with van der Waals surface area (Å²) < 4.78 is 12.6. The Labute approximate surface area is 126 Å².